The van der Waals surface area contributed by atoms with Crippen molar-refractivity contribution in [3.05, 3.63) is 51.3 Å². The maximum atomic E-state index is 12.4. The summed E-state index contributed by atoms with van der Waals surface area (Å²) in [4.78, 5) is 17.5. The van der Waals surface area contributed by atoms with Gasteiger partial charge in [-0.3, -0.25) is 4.79 Å². The number of fused-ring (bicyclic) bond motifs is 1. The molecule has 0 spiro atoms. The minimum absolute atomic E-state index is 0.150. The van der Waals surface area contributed by atoms with Gasteiger partial charge in [0.15, 0.2) is 0 Å². The van der Waals surface area contributed by atoms with Crippen LogP contribution in [-0.4, -0.2) is 15.9 Å². The molecule has 0 N–H and O–H groups in total. The molecule has 0 aliphatic heterocycles. The SMILES string of the molecule is Cc1nc2sccc2c(=O)n1/N=C\c1ccc([C@@H]2C[C@H]2C)o1. The second-order valence-corrected chi connectivity index (χ2v) is 6.61. The Morgan fingerprint density at radius 3 is 3.05 bits per heavy atom. The van der Waals surface area contributed by atoms with Gasteiger partial charge in [0, 0.05) is 5.92 Å². The summed E-state index contributed by atoms with van der Waals surface area (Å²) < 4.78 is 7.09. The fraction of sp³-hybridized carbons (Fsp3) is 0.312. The summed E-state index contributed by atoms with van der Waals surface area (Å²) in [6, 6.07) is 5.66. The van der Waals surface area contributed by atoms with Crippen molar-refractivity contribution in [3.8, 4) is 0 Å². The van der Waals surface area contributed by atoms with Crippen LogP contribution in [0.3, 0.4) is 0 Å². The molecule has 3 aromatic rings. The number of thiophene rings is 1. The largest absolute Gasteiger partial charge is 0.460 e. The highest BCUT2D eigenvalue weighted by atomic mass is 32.1. The lowest BCUT2D eigenvalue weighted by Gasteiger charge is -2.01. The van der Waals surface area contributed by atoms with E-state index in [9.17, 15) is 4.79 Å². The quantitative estimate of drug-likeness (QED) is 0.697. The molecule has 3 aromatic heterocycles. The maximum Gasteiger partial charge on any atom is 0.282 e. The highest BCUT2D eigenvalue weighted by molar-refractivity contribution is 7.16. The van der Waals surface area contributed by atoms with Gasteiger partial charge in [-0.25, -0.2) is 4.98 Å². The molecule has 4 rings (SSSR count). The monoisotopic (exact) mass is 313 g/mol. The molecule has 1 fully saturated rings. The van der Waals surface area contributed by atoms with E-state index in [2.05, 4.69) is 17.0 Å². The van der Waals surface area contributed by atoms with E-state index < -0.39 is 0 Å². The third-order valence-electron chi connectivity index (χ3n) is 4.06. The van der Waals surface area contributed by atoms with Crippen molar-refractivity contribution in [1.29, 1.82) is 0 Å². The van der Waals surface area contributed by atoms with Crippen LogP contribution in [0.15, 0.2) is 37.9 Å². The second kappa shape index (κ2) is 4.91. The van der Waals surface area contributed by atoms with Crippen LogP contribution in [0.2, 0.25) is 0 Å². The fourth-order valence-electron chi connectivity index (χ4n) is 2.61. The zero-order valence-corrected chi connectivity index (χ0v) is 13.1. The van der Waals surface area contributed by atoms with E-state index >= 15 is 0 Å². The first-order valence-corrected chi connectivity index (χ1v) is 8.12. The average Bonchev–Trinajstić information content (AvgIpc) is 2.93. The molecular weight excluding hydrogens is 298 g/mol. The van der Waals surface area contributed by atoms with Crippen molar-refractivity contribution in [2.75, 3.05) is 0 Å². The van der Waals surface area contributed by atoms with Gasteiger partial charge < -0.3 is 4.42 Å². The summed E-state index contributed by atoms with van der Waals surface area (Å²) in [6.07, 6.45) is 2.76. The molecule has 6 heteroatoms. The molecule has 0 saturated heterocycles. The molecule has 22 heavy (non-hydrogen) atoms. The van der Waals surface area contributed by atoms with E-state index in [4.69, 9.17) is 4.42 Å². The maximum absolute atomic E-state index is 12.4. The van der Waals surface area contributed by atoms with Crippen molar-refractivity contribution in [3.63, 3.8) is 0 Å². The van der Waals surface area contributed by atoms with Gasteiger partial charge in [0.25, 0.3) is 5.56 Å². The topological polar surface area (TPSA) is 60.4 Å². The highest BCUT2D eigenvalue weighted by Crippen LogP contribution is 2.47. The van der Waals surface area contributed by atoms with Crippen molar-refractivity contribution in [2.24, 2.45) is 11.0 Å². The van der Waals surface area contributed by atoms with Gasteiger partial charge in [0.05, 0.1) is 11.6 Å². The van der Waals surface area contributed by atoms with Crippen LogP contribution in [-0.2, 0) is 0 Å². The number of aryl methyl sites for hydroxylation is 1. The number of rotatable bonds is 3. The summed E-state index contributed by atoms with van der Waals surface area (Å²) in [5, 5.41) is 6.71. The number of hydrogen-bond donors (Lipinski definition) is 0. The third-order valence-corrected chi connectivity index (χ3v) is 4.87. The number of hydrogen-bond acceptors (Lipinski definition) is 5. The standard InChI is InChI=1S/C16H15N3O2S/c1-9-7-13(9)14-4-3-11(21-14)8-17-19-10(2)18-15-12(16(19)20)5-6-22-15/h3-6,8-9,13H,7H2,1-2H3/b17-8-/t9-,13-/m1/s1. The summed E-state index contributed by atoms with van der Waals surface area (Å²) in [6.45, 7) is 3.99. The van der Waals surface area contributed by atoms with E-state index in [0.29, 0.717) is 28.8 Å². The van der Waals surface area contributed by atoms with Crippen molar-refractivity contribution >= 4 is 27.8 Å². The Hall–Kier alpha value is -2.21. The normalized spacial score (nSPS) is 21.0. The lowest BCUT2D eigenvalue weighted by molar-refractivity contribution is 0.499. The predicted molar refractivity (Wildman–Crippen MR) is 86.8 cm³/mol. The fourth-order valence-corrected chi connectivity index (χ4v) is 3.41. The minimum Gasteiger partial charge on any atom is -0.460 e. The molecule has 2 atom stereocenters. The Kier molecular flexibility index (Phi) is 3.00. The van der Waals surface area contributed by atoms with Crippen LogP contribution in [0.4, 0.5) is 0 Å². The van der Waals surface area contributed by atoms with Gasteiger partial charge in [0.2, 0.25) is 0 Å². The summed E-state index contributed by atoms with van der Waals surface area (Å²) in [5.74, 6) is 3.47. The molecule has 112 valence electrons. The first-order chi connectivity index (χ1) is 10.6. The molecule has 1 aliphatic carbocycles. The number of nitrogens with zero attached hydrogens (tertiary/aromatic N) is 3. The van der Waals surface area contributed by atoms with E-state index in [1.807, 2.05) is 17.5 Å². The summed E-state index contributed by atoms with van der Waals surface area (Å²) >= 11 is 1.46. The van der Waals surface area contributed by atoms with Crippen LogP contribution in [0.25, 0.3) is 10.2 Å². The molecule has 0 radical (unpaired) electrons. The lowest BCUT2D eigenvalue weighted by Crippen LogP contribution is -2.19. The van der Waals surface area contributed by atoms with Crippen LogP contribution in [0.1, 0.15) is 36.6 Å². The Labute approximate surface area is 130 Å². The Bertz CT molecular complexity index is 934. The van der Waals surface area contributed by atoms with Gasteiger partial charge >= 0.3 is 0 Å². The zero-order valence-electron chi connectivity index (χ0n) is 12.3. The lowest BCUT2D eigenvalue weighted by atomic mass is 10.3. The van der Waals surface area contributed by atoms with Gasteiger partial charge in [-0.15, -0.1) is 11.3 Å². The minimum atomic E-state index is -0.150. The first kappa shape index (κ1) is 13.5. The molecule has 0 bridgehead atoms. The average molecular weight is 313 g/mol. The molecule has 5 nitrogen and oxygen atoms in total. The Balaban J connectivity index is 1.68. The first-order valence-electron chi connectivity index (χ1n) is 7.24. The highest BCUT2D eigenvalue weighted by Gasteiger charge is 2.36. The molecule has 1 saturated carbocycles. The van der Waals surface area contributed by atoms with Gasteiger partial charge in [-0.2, -0.15) is 9.78 Å². The molecular formula is C16H15N3O2S. The van der Waals surface area contributed by atoms with Gasteiger partial charge in [-0.1, -0.05) is 6.92 Å². The van der Waals surface area contributed by atoms with Gasteiger partial charge in [0.1, 0.15) is 22.2 Å². The Morgan fingerprint density at radius 2 is 2.27 bits per heavy atom. The smallest absolute Gasteiger partial charge is 0.282 e. The third kappa shape index (κ3) is 2.20. The van der Waals surface area contributed by atoms with E-state index in [0.717, 1.165) is 10.6 Å². The van der Waals surface area contributed by atoms with E-state index in [1.165, 1.54) is 22.4 Å². The van der Waals surface area contributed by atoms with E-state index in [-0.39, 0.29) is 5.56 Å². The second-order valence-electron chi connectivity index (χ2n) is 5.72. The number of aromatic nitrogens is 2. The van der Waals surface area contributed by atoms with Gasteiger partial charge in [-0.05, 0) is 42.8 Å². The Morgan fingerprint density at radius 1 is 1.45 bits per heavy atom. The molecule has 0 aromatic carbocycles. The van der Waals surface area contributed by atoms with E-state index in [1.54, 1.807) is 19.2 Å². The zero-order chi connectivity index (χ0) is 15.3. The van der Waals surface area contributed by atoms with Crippen molar-refractivity contribution in [2.45, 2.75) is 26.2 Å². The van der Waals surface area contributed by atoms with Crippen molar-refractivity contribution in [1.82, 2.24) is 9.66 Å². The summed E-state index contributed by atoms with van der Waals surface area (Å²) in [7, 11) is 0. The van der Waals surface area contributed by atoms with Crippen LogP contribution in [0, 0.1) is 12.8 Å². The predicted octanol–water partition coefficient (Wildman–Crippen LogP) is 3.37. The molecule has 0 unspecified atom stereocenters. The van der Waals surface area contributed by atoms with Crippen molar-refractivity contribution < 1.29 is 4.42 Å². The molecule has 0 amide bonds. The van der Waals surface area contributed by atoms with Crippen LogP contribution >= 0.6 is 11.3 Å². The molecule has 1 aliphatic rings. The molecule has 3 heterocycles. The van der Waals surface area contributed by atoms with Crippen LogP contribution < -0.4 is 5.56 Å². The van der Waals surface area contributed by atoms with Crippen LogP contribution in [0.5, 0.6) is 0 Å². The summed E-state index contributed by atoms with van der Waals surface area (Å²) in [5.41, 5.74) is -0.150. The number of furan rings is 1.